The fourth-order valence-electron chi connectivity index (χ4n) is 4.69. The van der Waals surface area contributed by atoms with Crippen LogP contribution in [0.15, 0.2) is 64.6 Å². The first-order chi connectivity index (χ1) is 18.2. The second kappa shape index (κ2) is 11.7. The van der Waals surface area contributed by atoms with E-state index in [1.807, 2.05) is 24.3 Å². The molecule has 200 valence electrons. The molecule has 2 heterocycles. The Bertz CT molecular complexity index is 1360. The van der Waals surface area contributed by atoms with E-state index in [1.54, 1.807) is 24.1 Å². The maximum atomic E-state index is 13.1. The van der Waals surface area contributed by atoms with Gasteiger partial charge in [0.05, 0.1) is 24.2 Å². The van der Waals surface area contributed by atoms with Gasteiger partial charge in [-0.05, 0) is 42.5 Å². The summed E-state index contributed by atoms with van der Waals surface area (Å²) in [5.74, 6) is -0.327. The van der Waals surface area contributed by atoms with Gasteiger partial charge in [-0.3, -0.25) is 19.1 Å². The quantitative estimate of drug-likeness (QED) is 0.388. The molecule has 1 saturated heterocycles. The molecule has 0 unspecified atom stereocenters. The molecule has 38 heavy (non-hydrogen) atoms. The van der Waals surface area contributed by atoms with E-state index in [2.05, 4.69) is 9.98 Å². The first-order valence-electron chi connectivity index (χ1n) is 12.6. The van der Waals surface area contributed by atoms with E-state index < -0.39 is 11.2 Å². The lowest BCUT2D eigenvalue weighted by atomic mass is 9.91. The minimum absolute atomic E-state index is 0.0186. The Hall–Kier alpha value is -3.89. The predicted octanol–water partition coefficient (Wildman–Crippen LogP) is 1.88. The van der Waals surface area contributed by atoms with Crippen LogP contribution in [-0.4, -0.2) is 56.9 Å². The van der Waals surface area contributed by atoms with Gasteiger partial charge in [-0.15, -0.1) is 0 Å². The lowest BCUT2D eigenvalue weighted by Crippen LogP contribution is -2.50. The fraction of sp³-hybridized carbons (Fsp3) is 0.357. The van der Waals surface area contributed by atoms with Crippen LogP contribution in [0.1, 0.15) is 41.6 Å². The summed E-state index contributed by atoms with van der Waals surface area (Å²) in [5.41, 5.74) is 13.6. The number of nitrogens with two attached hydrogens (primary N) is 2. The molecular formula is C28H33FN6O3. The summed E-state index contributed by atoms with van der Waals surface area (Å²) in [4.78, 5) is 36.2. The van der Waals surface area contributed by atoms with Crippen molar-refractivity contribution in [2.45, 2.75) is 44.4 Å². The summed E-state index contributed by atoms with van der Waals surface area (Å²) in [6, 6.07) is 13.6. The number of nitrogens with zero attached hydrogens (tertiary/aromatic N) is 4. The van der Waals surface area contributed by atoms with Gasteiger partial charge in [-0.2, -0.15) is 0 Å². The first-order valence-corrected chi connectivity index (χ1v) is 12.6. The molecule has 0 spiro atoms. The number of hydrogen-bond acceptors (Lipinski definition) is 7. The van der Waals surface area contributed by atoms with E-state index in [4.69, 9.17) is 11.5 Å². The number of benzene rings is 2. The SMILES string of the molecule is CN=C(c1ccc(CN)cc1)c1ncn(CC2(O)CCN(C(=O)CCc3ccc(F)cc3)CC2)c(=O)c1N. The summed E-state index contributed by atoms with van der Waals surface area (Å²) in [6.45, 7) is 1.19. The van der Waals surface area contributed by atoms with Crippen molar-refractivity contribution in [3.8, 4) is 0 Å². The summed E-state index contributed by atoms with van der Waals surface area (Å²) in [6.07, 6.45) is 2.84. The van der Waals surface area contributed by atoms with Crippen LogP contribution in [0, 0.1) is 5.82 Å². The Morgan fingerprint density at radius 1 is 1.11 bits per heavy atom. The highest BCUT2D eigenvalue weighted by Crippen LogP contribution is 2.25. The molecule has 3 aromatic rings. The minimum Gasteiger partial charge on any atom is -0.392 e. The Morgan fingerprint density at radius 3 is 2.34 bits per heavy atom. The normalized spacial score (nSPS) is 15.5. The van der Waals surface area contributed by atoms with E-state index in [9.17, 15) is 19.1 Å². The topological polar surface area (TPSA) is 140 Å². The van der Waals surface area contributed by atoms with Gasteiger partial charge in [0.1, 0.15) is 17.2 Å². The maximum Gasteiger partial charge on any atom is 0.277 e. The van der Waals surface area contributed by atoms with Crippen LogP contribution in [0.4, 0.5) is 10.1 Å². The molecule has 0 atom stereocenters. The average molecular weight is 521 g/mol. The van der Waals surface area contributed by atoms with Crippen LogP contribution in [0.3, 0.4) is 0 Å². The molecular weight excluding hydrogens is 487 g/mol. The third-order valence-electron chi connectivity index (χ3n) is 7.04. The van der Waals surface area contributed by atoms with Crippen LogP contribution in [0.5, 0.6) is 0 Å². The van der Waals surface area contributed by atoms with Crippen molar-refractivity contribution in [3.63, 3.8) is 0 Å². The second-order valence-corrected chi connectivity index (χ2v) is 9.64. The van der Waals surface area contributed by atoms with Gasteiger partial charge in [0, 0.05) is 38.7 Å². The molecule has 10 heteroatoms. The smallest absolute Gasteiger partial charge is 0.277 e. The van der Waals surface area contributed by atoms with Crippen LogP contribution >= 0.6 is 0 Å². The number of rotatable bonds is 8. The van der Waals surface area contributed by atoms with E-state index in [-0.39, 0.29) is 29.7 Å². The Labute approximate surface area is 220 Å². The number of likely N-dealkylation sites (tertiary alicyclic amines) is 1. The minimum atomic E-state index is -1.17. The van der Waals surface area contributed by atoms with Gasteiger partial charge < -0.3 is 21.5 Å². The van der Waals surface area contributed by atoms with Crippen molar-refractivity contribution in [1.29, 1.82) is 0 Å². The van der Waals surface area contributed by atoms with Crippen molar-refractivity contribution in [2.75, 3.05) is 25.9 Å². The largest absolute Gasteiger partial charge is 0.392 e. The van der Waals surface area contributed by atoms with E-state index in [0.717, 1.165) is 16.7 Å². The van der Waals surface area contributed by atoms with E-state index in [0.29, 0.717) is 51.0 Å². The number of hydrogen-bond donors (Lipinski definition) is 3. The van der Waals surface area contributed by atoms with Crippen LogP contribution in [0.2, 0.25) is 0 Å². The third-order valence-corrected chi connectivity index (χ3v) is 7.04. The summed E-state index contributed by atoms with van der Waals surface area (Å²) < 4.78 is 14.4. The lowest BCUT2D eigenvalue weighted by molar-refractivity contribution is -0.135. The molecule has 0 aliphatic carbocycles. The molecule has 1 aliphatic heterocycles. The molecule has 2 aromatic carbocycles. The van der Waals surface area contributed by atoms with Gasteiger partial charge in [-0.25, -0.2) is 9.37 Å². The Morgan fingerprint density at radius 2 is 1.74 bits per heavy atom. The average Bonchev–Trinajstić information content (AvgIpc) is 2.93. The molecule has 1 aromatic heterocycles. The summed E-state index contributed by atoms with van der Waals surface area (Å²) >= 11 is 0. The summed E-state index contributed by atoms with van der Waals surface area (Å²) in [7, 11) is 1.61. The fourth-order valence-corrected chi connectivity index (χ4v) is 4.69. The number of amides is 1. The zero-order valence-electron chi connectivity index (χ0n) is 21.4. The van der Waals surface area contributed by atoms with Crippen molar-refractivity contribution in [2.24, 2.45) is 10.7 Å². The monoisotopic (exact) mass is 520 g/mol. The highest BCUT2D eigenvalue weighted by atomic mass is 19.1. The summed E-state index contributed by atoms with van der Waals surface area (Å²) in [5, 5.41) is 11.2. The number of nitrogen functional groups attached to an aromatic ring is 1. The molecule has 1 amide bonds. The number of halogens is 1. The first kappa shape index (κ1) is 27.2. The molecule has 4 rings (SSSR count). The number of aliphatic hydroxyl groups is 1. The highest BCUT2D eigenvalue weighted by molar-refractivity contribution is 6.14. The zero-order chi connectivity index (χ0) is 27.3. The van der Waals surface area contributed by atoms with Crippen molar-refractivity contribution in [1.82, 2.24) is 14.5 Å². The zero-order valence-corrected chi connectivity index (χ0v) is 21.4. The molecule has 0 saturated carbocycles. The molecule has 1 aliphatic rings. The van der Waals surface area contributed by atoms with Crippen LogP contribution in [-0.2, 0) is 24.3 Å². The van der Waals surface area contributed by atoms with Gasteiger partial charge >= 0.3 is 0 Å². The van der Waals surface area contributed by atoms with Gasteiger partial charge in [0.15, 0.2) is 0 Å². The number of aliphatic imine (C=N–C) groups is 1. The third kappa shape index (κ3) is 6.15. The number of aryl methyl sites for hydroxylation is 1. The van der Waals surface area contributed by atoms with Crippen molar-refractivity contribution >= 4 is 17.3 Å². The standard InChI is InChI=1S/C28H33FN6O3/c1-32-25(21-7-2-20(16-30)3-8-21)26-24(31)27(37)35(18-33-26)17-28(38)12-14-34(15-13-28)23(36)11-6-19-4-9-22(29)10-5-19/h2-5,7-10,18,38H,6,11-17,30-31H2,1H3. The second-order valence-electron chi connectivity index (χ2n) is 9.64. The predicted molar refractivity (Wildman–Crippen MR) is 144 cm³/mol. The van der Waals surface area contributed by atoms with Crippen LogP contribution < -0.4 is 17.0 Å². The van der Waals surface area contributed by atoms with Crippen molar-refractivity contribution < 1.29 is 14.3 Å². The van der Waals surface area contributed by atoms with Crippen LogP contribution in [0.25, 0.3) is 0 Å². The lowest BCUT2D eigenvalue weighted by Gasteiger charge is -2.38. The molecule has 0 radical (unpaired) electrons. The number of piperidine rings is 1. The molecule has 1 fully saturated rings. The van der Waals surface area contributed by atoms with Gasteiger partial charge in [0.25, 0.3) is 5.56 Å². The molecule has 5 N–H and O–H groups in total. The number of carbonyl (C=O) groups excluding carboxylic acids is 1. The molecule has 9 nitrogen and oxygen atoms in total. The number of carbonyl (C=O) groups is 1. The Balaban J connectivity index is 1.39. The van der Waals surface area contributed by atoms with Gasteiger partial charge in [-0.1, -0.05) is 36.4 Å². The number of anilines is 1. The van der Waals surface area contributed by atoms with E-state index in [1.165, 1.54) is 23.0 Å². The Kier molecular flexibility index (Phi) is 8.33. The molecule has 0 bridgehead atoms. The van der Waals surface area contributed by atoms with Crippen molar-refractivity contribution in [3.05, 3.63) is 93.4 Å². The number of aromatic nitrogens is 2. The highest BCUT2D eigenvalue weighted by Gasteiger charge is 2.35. The van der Waals surface area contributed by atoms with E-state index >= 15 is 0 Å². The maximum absolute atomic E-state index is 13.1. The van der Waals surface area contributed by atoms with Gasteiger partial charge in [0.2, 0.25) is 5.91 Å².